The summed E-state index contributed by atoms with van der Waals surface area (Å²) in [4.78, 5) is 26.8. The van der Waals surface area contributed by atoms with Crippen LogP contribution in [0.1, 0.15) is 17.7 Å². The molecular formula is C26H21F3N10. The average molecular weight is 531 g/mol. The highest BCUT2D eigenvalue weighted by Crippen LogP contribution is 2.33. The standard InChI is InChI=1S/C26H21F3N10/c1-14-10-39(13-33-14)25-22-17(2-4-31-25)34-24(35-22)23-19-18(36-37-23)9-32-21(20(19)27)16-6-15(7-30-8-16)11-38-5-3-26(28,29)12-38/h2,4,6-10,13H,3,5,11-12H2,1H3,(H,34,35)(H,36,37). The molecule has 0 saturated carbocycles. The van der Waals surface area contributed by atoms with E-state index in [9.17, 15) is 8.78 Å². The number of fused-ring (bicyclic) bond motifs is 2. The Kier molecular flexibility index (Phi) is 5.23. The van der Waals surface area contributed by atoms with Crippen LogP contribution < -0.4 is 0 Å². The van der Waals surface area contributed by atoms with Gasteiger partial charge in [0.2, 0.25) is 0 Å². The number of aryl methyl sites for hydroxylation is 1. The number of likely N-dealkylation sites (tertiary alicyclic amines) is 1. The summed E-state index contributed by atoms with van der Waals surface area (Å²) in [5.41, 5.74) is 4.04. The fourth-order valence-corrected chi connectivity index (χ4v) is 5.01. The number of H-pyrrole nitrogens is 2. The molecule has 0 spiro atoms. The van der Waals surface area contributed by atoms with Crippen molar-refractivity contribution in [3.8, 4) is 28.6 Å². The van der Waals surface area contributed by atoms with E-state index in [0.717, 1.165) is 5.69 Å². The number of rotatable bonds is 5. The first-order chi connectivity index (χ1) is 18.8. The normalized spacial score (nSPS) is 15.6. The Morgan fingerprint density at radius 3 is 2.77 bits per heavy atom. The summed E-state index contributed by atoms with van der Waals surface area (Å²) in [6, 6.07) is 3.51. The number of aromatic amines is 2. The maximum Gasteiger partial charge on any atom is 0.261 e. The minimum Gasteiger partial charge on any atom is -0.336 e. The second-order valence-electron chi connectivity index (χ2n) is 9.72. The molecule has 6 aromatic rings. The Hall–Kier alpha value is -4.65. The lowest BCUT2D eigenvalue weighted by Gasteiger charge is -2.15. The van der Waals surface area contributed by atoms with Gasteiger partial charge in [0, 0.05) is 49.9 Å². The van der Waals surface area contributed by atoms with Gasteiger partial charge in [-0.2, -0.15) is 5.10 Å². The Labute approximate surface area is 219 Å². The van der Waals surface area contributed by atoms with Crippen LogP contribution in [0.25, 0.3) is 50.5 Å². The fourth-order valence-electron chi connectivity index (χ4n) is 5.01. The Morgan fingerprint density at radius 1 is 1.08 bits per heavy atom. The highest BCUT2D eigenvalue weighted by molar-refractivity contribution is 5.95. The van der Waals surface area contributed by atoms with Crippen LogP contribution in [0.2, 0.25) is 0 Å². The maximum absolute atomic E-state index is 16.0. The van der Waals surface area contributed by atoms with Gasteiger partial charge in [-0.05, 0) is 24.6 Å². The molecule has 0 radical (unpaired) electrons. The molecule has 39 heavy (non-hydrogen) atoms. The van der Waals surface area contributed by atoms with E-state index in [1.807, 2.05) is 13.1 Å². The van der Waals surface area contributed by atoms with Crippen LogP contribution in [0, 0.1) is 12.7 Å². The molecule has 1 fully saturated rings. The molecule has 10 nitrogen and oxygen atoms in total. The van der Waals surface area contributed by atoms with Gasteiger partial charge in [0.15, 0.2) is 17.5 Å². The van der Waals surface area contributed by atoms with Crippen molar-refractivity contribution in [3.63, 3.8) is 0 Å². The first kappa shape index (κ1) is 23.5. The van der Waals surface area contributed by atoms with E-state index in [4.69, 9.17) is 4.98 Å². The fraction of sp³-hybridized carbons (Fsp3) is 0.231. The second-order valence-corrected chi connectivity index (χ2v) is 9.72. The lowest BCUT2D eigenvalue weighted by atomic mass is 10.1. The SMILES string of the molecule is Cc1cn(-c2nccc3[nH]c(-c4n[nH]c5cnc(-c6cncc(CN7CCC(F)(F)C7)c6)c(F)c45)nc23)cn1. The number of halogens is 3. The summed E-state index contributed by atoms with van der Waals surface area (Å²) in [5, 5.41) is 7.38. The number of aromatic nitrogens is 9. The second kappa shape index (κ2) is 8.70. The van der Waals surface area contributed by atoms with Crippen LogP contribution in [-0.2, 0) is 6.54 Å². The number of nitrogens with one attached hydrogen (secondary N) is 2. The van der Waals surface area contributed by atoms with Gasteiger partial charge >= 0.3 is 0 Å². The van der Waals surface area contributed by atoms with E-state index in [2.05, 4.69) is 35.1 Å². The van der Waals surface area contributed by atoms with Crippen molar-refractivity contribution in [1.82, 2.24) is 49.6 Å². The van der Waals surface area contributed by atoms with Crippen LogP contribution in [0.4, 0.5) is 13.2 Å². The van der Waals surface area contributed by atoms with E-state index in [0.29, 0.717) is 58.1 Å². The van der Waals surface area contributed by atoms with Gasteiger partial charge in [-0.25, -0.2) is 28.1 Å². The quantitative estimate of drug-likeness (QED) is 0.339. The minimum atomic E-state index is -2.69. The van der Waals surface area contributed by atoms with Crippen LogP contribution in [0.3, 0.4) is 0 Å². The van der Waals surface area contributed by atoms with E-state index in [-0.39, 0.29) is 24.0 Å². The number of alkyl halides is 2. The summed E-state index contributed by atoms with van der Waals surface area (Å²) in [6.07, 6.45) is 9.59. The number of hydrogen-bond donors (Lipinski definition) is 2. The molecule has 0 amide bonds. The van der Waals surface area contributed by atoms with Gasteiger partial charge in [0.1, 0.15) is 23.2 Å². The third-order valence-electron chi connectivity index (χ3n) is 6.83. The van der Waals surface area contributed by atoms with Gasteiger partial charge in [0.25, 0.3) is 5.92 Å². The molecule has 7 heterocycles. The number of pyridine rings is 3. The van der Waals surface area contributed by atoms with Crippen LogP contribution in [0.5, 0.6) is 0 Å². The zero-order valence-electron chi connectivity index (χ0n) is 20.7. The van der Waals surface area contributed by atoms with Crippen molar-refractivity contribution in [2.75, 3.05) is 13.1 Å². The highest BCUT2D eigenvalue weighted by atomic mass is 19.3. The van der Waals surface area contributed by atoms with Crippen LogP contribution in [0.15, 0.2) is 49.4 Å². The Balaban J connectivity index is 1.28. The van der Waals surface area contributed by atoms with Crippen molar-refractivity contribution in [3.05, 3.63) is 66.5 Å². The van der Waals surface area contributed by atoms with Gasteiger partial charge in [-0.3, -0.25) is 24.5 Å². The lowest BCUT2D eigenvalue weighted by Crippen LogP contribution is -2.24. The summed E-state index contributed by atoms with van der Waals surface area (Å²) in [5.74, 6) is -2.34. The van der Waals surface area contributed by atoms with Gasteiger partial charge in [0.05, 0.1) is 34.9 Å². The van der Waals surface area contributed by atoms with Crippen molar-refractivity contribution in [2.24, 2.45) is 0 Å². The van der Waals surface area contributed by atoms with Crippen molar-refractivity contribution in [1.29, 1.82) is 0 Å². The number of nitrogens with zero attached hydrogens (tertiary/aromatic N) is 8. The smallest absolute Gasteiger partial charge is 0.261 e. The lowest BCUT2D eigenvalue weighted by molar-refractivity contribution is 0.0115. The monoisotopic (exact) mass is 530 g/mol. The highest BCUT2D eigenvalue weighted by Gasteiger charge is 2.38. The predicted octanol–water partition coefficient (Wildman–Crippen LogP) is 4.43. The van der Waals surface area contributed by atoms with E-state index >= 15 is 4.39 Å². The molecule has 2 N–H and O–H groups in total. The number of hydrogen-bond acceptors (Lipinski definition) is 7. The zero-order valence-corrected chi connectivity index (χ0v) is 20.7. The van der Waals surface area contributed by atoms with Crippen LogP contribution in [-0.4, -0.2) is 68.6 Å². The first-order valence-electron chi connectivity index (χ1n) is 12.3. The van der Waals surface area contributed by atoms with Crippen LogP contribution >= 0.6 is 0 Å². The maximum atomic E-state index is 16.0. The van der Waals surface area contributed by atoms with E-state index in [1.165, 1.54) is 12.4 Å². The minimum absolute atomic E-state index is 0.0820. The topological polar surface area (TPSA) is 117 Å². The number of imidazole rings is 2. The zero-order chi connectivity index (χ0) is 26.7. The van der Waals surface area contributed by atoms with Crippen molar-refractivity contribution in [2.45, 2.75) is 25.8 Å². The molecule has 0 bridgehead atoms. The third kappa shape index (κ3) is 4.11. The van der Waals surface area contributed by atoms with E-state index < -0.39 is 11.7 Å². The molecule has 196 valence electrons. The molecule has 0 atom stereocenters. The summed E-state index contributed by atoms with van der Waals surface area (Å²) >= 11 is 0. The molecule has 0 aliphatic carbocycles. The third-order valence-corrected chi connectivity index (χ3v) is 6.83. The molecule has 0 unspecified atom stereocenters. The summed E-state index contributed by atoms with van der Waals surface area (Å²) < 4.78 is 45.1. The van der Waals surface area contributed by atoms with Crippen molar-refractivity contribution < 1.29 is 13.2 Å². The van der Waals surface area contributed by atoms with Gasteiger partial charge in [-0.1, -0.05) is 0 Å². The molecule has 1 aliphatic heterocycles. The predicted molar refractivity (Wildman–Crippen MR) is 137 cm³/mol. The van der Waals surface area contributed by atoms with Crippen molar-refractivity contribution >= 4 is 21.9 Å². The molecule has 1 saturated heterocycles. The average Bonchev–Trinajstić information content (AvgIpc) is 3.70. The van der Waals surface area contributed by atoms with Gasteiger partial charge < -0.3 is 4.98 Å². The molecular weight excluding hydrogens is 509 g/mol. The molecule has 13 heteroatoms. The largest absolute Gasteiger partial charge is 0.336 e. The molecule has 6 aromatic heterocycles. The molecule has 1 aliphatic rings. The Bertz CT molecular complexity index is 1850. The Morgan fingerprint density at radius 2 is 1.97 bits per heavy atom. The first-order valence-corrected chi connectivity index (χ1v) is 12.3. The van der Waals surface area contributed by atoms with Gasteiger partial charge in [-0.15, -0.1) is 0 Å². The molecule has 7 rings (SSSR count). The van der Waals surface area contributed by atoms with E-state index in [1.54, 1.807) is 40.3 Å². The summed E-state index contributed by atoms with van der Waals surface area (Å²) in [6.45, 7) is 2.17. The molecule has 0 aromatic carbocycles. The summed E-state index contributed by atoms with van der Waals surface area (Å²) in [7, 11) is 0.